The summed E-state index contributed by atoms with van der Waals surface area (Å²) in [4.78, 5) is 38.9. The Labute approximate surface area is 167 Å². The number of aryl methyl sites for hydroxylation is 1. The third-order valence-corrected chi connectivity index (χ3v) is 6.29. The number of hydrogen-bond donors (Lipinski definition) is 2. The van der Waals surface area contributed by atoms with Gasteiger partial charge in [0, 0.05) is 0 Å². The van der Waals surface area contributed by atoms with Gasteiger partial charge in [0.25, 0.3) is 5.91 Å². The molecule has 4 amide bonds. The molecule has 2 N–H and O–H groups in total. The van der Waals surface area contributed by atoms with E-state index in [1.165, 1.54) is 12.0 Å². The first kappa shape index (κ1) is 20.4. The van der Waals surface area contributed by atoms with Gasteiger partial charge in [-0.25, -0.2) is 4.79 Å². The minimum atomic E-state index is -0.890. The minimum absolute atomic E-state index is 0.141. The van der Waals surface area contributed by atoms with Crippen LogP contribution in [0.5, 0.6) is 0 Å². The zero-order chi connectivity index (χ0) is 20.3. The van der Waals surface area contributed by atoms with E-state index in [0.29, 0.717) is 0 Å². The first-order valence-corrected chi connectivity index (χ1v) is 10.4. The minimum Gasteiger partial charge on any atom is -0.348 e. The Morgan fingerprint density at radius 2 is 1.86 bits per heavy atom. The van der Waals surface area contributed by atoms with Gasteiger partial charge in [0.1, 0.15) is 12.1 Å². The number of rotatable bonds is 6. The van der Waals surface area contributed by atoms with Gasteiger partial charge >= 0.3 is 6.03 Å². The summed E-state index contributed by atoms with van der Waals surface area (Å²) in [5.41, 5.74) is 1.35. The van der Waals surface area contributed by atoms with E-state index in [0.717, 1.165) is 42.6 Å². The molecule has 28 heavy (non-hydrogen) atoms. The molecule has 0 bridgehead atoms. The Hall–Kier alpha value is -2.37. The number of carbonyl (C=O) groups is 3. The normalized spacial score (nSPS) is 24.2. The van der Waals surface area contributed by atoms with Crippen LogP contribution in [-0.2, 0) is 16.0 Å². The van der Waals surface area contributed by atoms with Crippen molar-refractivity contribution in [3.05, 3.63) is 35.4 Å². The standard InChI is InChI=1S/C22H31N3O3/c1-4-16-10-12-17(13-11-16)15(2)23-19(26)14-25-20(27)22(3,24-21(25)28)18-8-6-5-7-9-18/h10-13,15,18H,4-9,14H2,1-3H3,(H,23,26)(H,24,28)/t15-,22+/m1/s1. The molecule has 152 valence electrons. The van der Waals surface area contributed by atoms with Crippen molar-refractivity contribution in [1.82, 2.24) is 15.5 Å². The molecule has 3 rings (SSSR count). The Morgan fingerprint density at radius 3 is 2.46 bits per heavy atom. The van der Waals surface area contributed by atoms with Gasteiger partial charge in [-0.05, 0) is 50.2 Å². The largest absolute Gasteiger partial charge is 0.348 e. The van der Waals surface area contributed by atoms with Crippen LogP contribution in [0, 0.1) is 5.92 Å². The van der Waals surface area contributed by atoms with E-state index in [1.54, 1.807) is 6.92 Å². The predicted octanol–water partition coefficient (Wildman–Crippen LogP) is 3.32. The quantitative estimate of drug-likeness (QED) is 0.738. The van der Waals surface area contributed by atoms with Crippen LogP contribution in [0.25, 0.3) is 0 Å². The van der Waals surface area contributed by atoms with Crippen LogP contribution in [0.15, 0.2) is 24.3 Å². The number of benzene rings is 1. The molecule has 1 aromatic rings. The molecular weight excluding hydrogens is 354 g/mol. The average Bonchev–Trinajstić information content (AvgIpc) is 2.92. The first-order valence-electron chi connectivity index (χ1n) is 10.4. The highest BCUT2D eigenvalue weighted by Gasteiger charge is 2.52. The molecule has 1 aliphatic heterocycles. The number of imide groups is 1. The van der Waals surface area contributed by atoms with Gasteiger partial charge in [0.05, 0.1) is 6.04 Å². The first-order chi connectivity index (χ1) is 13.3. The second-order valence-electron chi connectivity index (χ2n) is 8.24. The van der Waals surface area contributed by atoms with Crippen molar-refractivity contribution >= 4 is 17.8 Å². The third kappa shape index (κ3) is 4.05. The zero-order valence-electron chi connectivity index (χ0n) is 17.1. The van der Waals surface area contributed by atoms with Crippen molar-refractivity contribution in [3.63, 3.8) is 0 Å². The lowest BCUT2D eigenvalue weighted by atomic mass is 9.75. The Morgan fingerprint density at radius 1 is 1.21 bits per heavy atom. The maximum absolute atomic E-state index is 13.0. The monoisotopic (exact) mass is 385 g/mol. The number of amides is 4. The highest BCUT2D eigenvalue weighted by Crippen LogP contribution is 2.36. The van der Waals surface area contributed by atoms with Gasteiger partial charge in [-0.15, -0.1) is 0 Å². The summed E-state index contributed by atoms with van der Waals surface area (Å²) in [5, 5.41) is 5.76. The molecule has 2 atom stereocenters. The number of urea groups is 1. The van der Waals surface area contributed by atoms with Gasteiger partial charge in [-0.1, -0.05) is 50.5 Å². The van der Waals surface area contributed by atoms with Gasteiger partial charge in [-0.3, -0.25) is 14.5 Å². The summed E-state index contributed by atoms with van der Waals surface area (Å²) in [6.45, 7) is 5.56. The van der Waals surface area contributed by atoms with Crippen molar-refractivity contribution < 1.29 is 14.4 Å². The van der Waals surface area contributed by atoms with Gasteiger partial charge < -0.3 is 10.6 Å². The summed E-state index contributed by atoms with van der Waals surface area (Å²) in [6.07, 6.45) is 6.18. The van der Waals surface area contributed by atoms with Crippen LogP contribution in [0.3, 0.4) is 0 Å². The maximum atomic E-state index is 13.0. The highest BCUT2D eigenvalue weighted by atomic mass is 16.2. The smallest absolute Gasteiger partial charge is 0.325 e. The van der Waals surface area contributed by atoms with E-state index >= 15 is 0 Å². The van der Waals surface area contributed by atoms with Crippen LogP contribution < -0.4 is 10.6 Å². The molecule has 1 aliphatic carbocycles. The molecule has 0 unspecified atom stereocenters. The highest BCUT2D eigenvalue weighted by molar-refractivity contribution is 6.09. The molecule has 1 saturated heterocycles. The summed E-state index contributed by atoms with van der Waals surface area (Å²) >= 11 is 0. The molecule has 1 saturated carbocycles. The van der Waals surface area contributed by atoms with Crippen molar-refractivity contribution in [2.75, 3.05) is 6.54 Å². The lowest BCUT2D eigenvalue weighted by Crippen LogP contribution is -2.51. The van der Waals surface area contributed by atoms with Crippen molar-refractivity contribution in [2.24, 2.45) is 5.92 Å². The van der Waals surface area contributed by atoms with E-state index in [4.69, 9.17) is 0 Å². The fourth-order valence-corrected chi connectivity index (χ4v) is 4.37. The SMILES string of the molecule is CCc1ccc([C@@H](C)NC(=O)CN2C(=O)N[C@@](C)(C3CCCCC3)C2=O)cc1. The molecule has 0 spiro atoms. The van der Waals surface area contributed by atoms with Crippen molar-refractivity contribution in [3.8, 4) is 0 Å². The molecule has 1 heterocycles. The van der Waals surface area contributed by atoms with Crippen molar-refractivity contribution in [1.29, 1.82) is 0 Å². The second kappa shape index (κ2) is 8.33. The van der Waals surface area contributed by atoms with Gasteiger partial charge in [0.15, 0.2) is 0 Å². The Balaban J connectivity index is 1.61. The fourth-order valence-electron chi connectivity index (χ4n) is 4.37. The van der Waals surface area contributed by atoms with Crippen LogP contribution in [0.1, 0.15) is 70.0 Å². The van der Waals surface area contributed by atoms with Crippen LogP contribution in [0.4, 0.5) is 4.79 Å². The van der Waals surface area contributed by atoms with E-state index < -0.39 is 11.6 Å². The van der Waals surface area contributed by atoms with Crippen molar-refractivity contribution in [2.45, 2.75) is 70.9 Å². The summed E-state index contributed by atoms with van der Waals surface area (Å²) in [6, 6.07) is 7.43. The number of nitrogens with one attached hydrogen (secondary N) is 2. The Kier molecular flexibility index (Phi) is 6.06. The molecule has 0 radical (unpaired) electrons. The summed E-state index contributed by atoms with van der Waals surface area (Å²) < 4.78 is 0. The number of carbonyl (C=O) groups excluding carboxylic acids is 3. The van der Waals surface area contributed by atoms with E-state index in [1.807, 2.05) is 31.2 Å². The van der Waals surface area contributed by atoms with E-state index in [-0.39, 0.29) is 30.3 Å². The number of nitrogens with zero attached hydrogens (tertiary/aromatic N) is 1. The van der Waals surface area contributed by atoms with Gasteiger partial charge in [-0.2, -0.15) is 0 Å². The lowest BCUT2D eigenvalue weighted by Gasteiger charge is -2.34. The molecule has 6 heteroatoms. The van der Waals surface area contributed by atoms with Crippen LogP contribution in [-0.4, -0.2) is 34.8 Å². The van der Waals surface area contributed by atoms with Crippen LogP contribution >= 0.6 is 0 Å². The molecular formula is C22H31N3O3. The molecule has 1 aromatic carbocycles. The molecule has 2 fully saturated rings. The summed E-state index contributed by atoms with van der Waals surface area (Å²) in [7, 11) is 0. The molecule has 6 nitrogen and oxygen atoms in total. The predicted molar refractivity (Wildman–Crippen MR) is 108 cm³/mol. The second-order valence-corrected chi connectivity index (χ2v) is 8.24. The number of hydrogen-bond acceptors (Lipinski definition) is 3. The summed E-state index contributed by atoms with van der Waals surface area (Å²) in [5.74, 6) is -0.468. The maximum Gasteiger partial charge on any atom is 0.325 e. The van der Waals surface area contributed by atoms with E-state index in [9.17, 15) is 14.4 Å². The average molecular weight is 386 g/mol. The topological polar surface area (TPSA) is 78.5 Å². The van der Waals surface area contributed by atoms with E-state index in [2.05, 4.69) is 17.6 Å². The zero-order valence-corrected chi connectivity index (χ0v) is 17.1. The van der Waals surface area contributed by atoms with Gasteiger partial charge in [0.2, 0.25) is 5.91 Å². The third-order valence-electron chi connectivity index (χ3n) is 6.29. The lowest BCUT2D eigenvalue weighted by molar-refractivity contribution is -0.136. The molecule has 2 aliphatic rings. The fraction of sp³-hybridized carbons (Fsp3) is 0.591. The Bertz CT molecular complexity index is 740. The van der Waals surface area contributed by atoms with Crippen LogP contribution in [0.2, 0.25) is 0 Å². The molecule has 0 aromatic heterocycles.